The summed E-state index contributed by atoms with van der Waals surface area (Å²) in [4.78, 5) is 46.0. The number of carboxylic acids is 2. The first kappa shape index (κ1) is 28.3. The van der Waals surface area contributed by atoms with E-state index in [1.165, 1.54) is 0 Å². The molecule has 2 aromatic carbocycles. The van der Waals surface area contributed by atoms with Gasteiger partial charge in [-0.1, -0.05) is 36.4 Å². The lowest BCUT2D eigenvalue weighted by Crippen LogP contribution is -2.54. The third kappa shape index (κ3) is 9.72. The average Bonchev–Trinajstić information content (AvgIpc) is 2.82. The molecule has 0 spiro atoms. The van der Waals surface area contributed by atoms with E-state index >= 15 is 0 Å². The highest BCUT2D eigenvalue weighted by Crippen LogP contribution is 2.23. The Labute approximate surface area is 207 Å². The lowest BCUT2D eigenvalue weighted by Gasteiger charge is -2.24. The molecule has 0 saturated heterocycles. The Morgan fingerprint density at radius 1 is 0.833 bits per heavy atom. The molecule has 8 N–H and O–H groups in total. The van der Waals surface area contributed by atoms with Gasteiger partial charge in [0.1, 0.15) is 18.0 Å². The summed E-state index contributed by atoms with van der Waals surface area (Å²) in [6.07, 6.45) is -1.65. The van der Waals surface area contributed by atoms with Gasteiger partial charge in [0.2, 0.25) is 11.8 Å². The van der Waals surface area contributed by atoms with Crippen molar-refractivity contribution in [2.45, 2.75) is 56.8 Å². The number of amides is 2. The maximum Gasteiger partial charge on any atom is 0.303 e. The monoisotopic (exact) mass is 501 g/mol. The molecule has 0 fully saturated rings. The molecular weight excluding hydrogens is 470 g/mol. The molecular formula is C25H31N3O8. The van der Waals surface area contributed by atoms with Crippen LogP contribution in [-0.2, 0) is 25.6 Å². The van der Waals surface area contributed by atoms with Crippen molar-refractivity contribution in [3.63, 3.8) is 0 Å². The number of phenols is 1. The van der Waals surface area contributed by atoms with Crippen LogP contribution in [0, 0.1) is 0 Å². The lowest BCUT2D eigenvalue weighted by atomic mass is 10.0. The second-order valence-corrected chi connectivity index (χ2v) is 8.35. The minimum Gasteiger partial charge on any atom is -0.508 e. The van der Waals surface area contributed by atoms with Crippen LogP contribution in [-0.4, -0.2) is 62.5 Å². The topological polar surface area (TPSA) is 199 Å². The number of aryl methyl sites for hydroxylation is 1. The number of hydrogen-bond donors (Lipinski definition) is 7. The number of aliphatic carboxylic acids is 2. The minimum absolute atomic E-state index is 0.163. The first-order valence-electron chi connectivity index (χ1n) is 11.4. The van der Waals surface area contributed by atoms with E-state index in [0.29, 0.717) is 6.42 Å². The van der Waals surface area contributed by atoms with Crippen molar-refractivity contribution in [3.8, 4) is 16.9 Å². The molecule has 0 heterocycles. The number of benzene rings is 2. The third-order valence-electron chi connectivity index (χ3n) is 5.50. The Kier molecular flexibility index (Phi) is 10.8. The van der Waals surface area contributed by atoms with Crippen molar-refractivity contribution >= 4 is 23.8 Å². The number of nitrogens with one attached hydrogen (secondary N) is 2. The summed E-state index contributed by atoms with van der Waals surface area (Å²) in [6, 6.07) is 12.0. The highest BCUT2D eigenvalue weighted by Gasteiger charge is 2.26. The number of primary amides is 1. The van der Waals surface area contributed by atoms with Crippen LogP contribution in [0.25, 0.3) is 11.1 Å². The number of hydrogen-bond acceptors (Lipinski definition) is 7. The van der Waals surface area contributed by atoms with Crippen LogP contribution in [0.4, 0.5) is 0 Å². The van der Waals surface area contributed by atoms with E-state index in [2.05, 4.69) is 10.6 Å². The van der Waals surface area contributed by atoms with Crippen molar-refractivity contribution in [3.05, 3.63) is 54.1 Å². The van der Waals surface area contributed by atoms with Crippen molar-refractivity contribution in [1.29, 1.82) is 0 Å². The fourth-order valence-corrected chi connectivity index (χ4v) is 3.55. The molecule has 0 saturated carbocycles. The van der Waals surface area contributed by atoms with Gasteiger partial charge in [0, 0.05) is 12.8 Å². The Hall–Kier alpha value is -3.96. The summed E-state index contributed by atoms with van der Waals surface area (Å²) >= 11 is 0. The van der Waals surface area contributed by atoms with Gasteiger partial charge in [-0.2, -0.15) is 0 Å². The number of aromatic hydroxyl groups is 1. The molecule has 36 heavy (non-hydrogen) atoms. The Morgan fingerprint density at radius 2 is 1.44 bits per heavy atom. The fourth-order valence-electron chi connectivity index (χ4n) is 3.55. The Bertz CT molecular complexity index is 1060. The molecule has 0 bridgehead atoms. The van der Waals surface area contributed by atoms with E-state index < -0.39 is 48.5 Å². The molecule has 194 valence electrons. The van der Waals surface area contributed by atoms with Gasteiger partial charge in [-0.25, -0.2) is 0 Å². The standard InChI is InChI=1S/C25H31N3O8/c26-24(35)19(9-12-22(31)32)28-25(36)20(10-13-23(33)34)27-21(30)11-6-15-4-7-16(8-5-15)17-2-1-3-18(29)14-17/h1-5,7-8,14,19-21,27,29-30H,6,9-13H2,(H2,26,35)(H,28,36)(H,31,32)(H,33,34)/t19?,20-,21?/m0/s1. The average molecular weight is 502 g/mol. The number of aliphatic hydroxyl groups excluding tert-OH is 1. The zero-order valence-electron chi connectivity index (χ0n) is 19.6. The molecule has 11 heteroatoms. The van der Waals surface area contributed by atoms with Crippen LogP contribution in [0.15, 0.2) is 48.5 Å². The number of rotatable bonds is 15. The molecule has 11 nitrogen and oxygen atoms in total. The van der Waals surface area contributed by atoms with Gasteiger partial charge in [0.25, 0.3) is 0 Å². The van der Waals surface area contributed by atoms with Crippen molar-refractivity contribution < 1.29 is 39.6 Å². The fraction of sp³-hybridized carbons (Fsp3) is 0.360. The number of aliphatic hydroxyl groups is 1. The quantitative estimate of drug-likeness (QED) is 0.174. The first-order valence-corrected chi connectivity index (χ1v) is 11.4. The van der Waals surface area contributed by atoms with Crippen molar-refractivity contribution in [2.24, 2.45) is 5.73 Å². The van der Waals surface area contributed by atoms with Gasteiger partial charge in [0.05, 0.1) is 6.04 Å². The van der Waals surface area contributed by atoms with Gasteiger partial charge < -0.3 is 31.5 Å². The van der Waals surface area contributed by atoms with Crippen LogP contribution in [0.1, 0.15) is 37.7 Å². The molecule has 3 atom stereocenters. The molecule has 0 radical (unpaired) electrons. The minimum atomic E-state index is -1.25. The van der Waals surface area contributed by atoms with E-state index in [9.17, 15) is 29.4 Å². The molecule has 2 amide bonds. The first-order chi connectivity index (χ1) is 17.0. The number of carbonyl (C=O) groups is 4. The number of carboxylic acid groups (broad SMARTS) is 2. The van der Waals surface area contributed by atoms with Crippen LogP contribution < -0.4 is 16.4 Å². The summed E-state index contributed by atoms with van der Waals surface area (Å²) in [7, 11) is 0. The molecule has 0 aliphatic rings. The second kappa shape index (κ2) is 13.8. The summed E-state index contributed by atoms with van der Waals surface area (Å²) in [6.45, 7) is 0. The molecule has 0 aliphatic carbocycles. The Morgan fingerprint density at radius 3 is 2.00 bits per heavy atom. The lowest BCUT2D eigenvalue weighted by molar-refractivity contribution is -0.139. The Balaban J connectivity index is 1.97. The summed E-state index contributed by atoms with van der Waals surface area (Å²) < 4.78 is 0. The molecule has 2 rings (SSSR count). The molecule has 0 aliphatic heterocycles. The zero-order valence-corrected chi connectivity index (χ0v) is 19.6. The maximum absolute atomic E-state index is 12.7. The summed E-state index contributed by atoms with van der Waals surface area (Å²) in [5, 5.41) is 42.9. The maximum atomic E-state index is 12.7. The van der Waals surface area contributed by atoms with Crippen LogP contribution >= 0.6 is 0 Å². The van der Waals surface area contributed by atoms with Gasteiger partial charge >= 0.3 is 11.9 Å². The van der Waals surface area contributed by atoms with E-state index in [0.717, 1.165) is 16.7 Å². The molecule has 0 aromatic heterocycles. The van der Waals surface area contributed by atoms with Gasteiger partial charge in [-0.15, -0.1) is 0 Å². The normalized spacial score (nSPS) is 13.4. The van der Waals surface area contributed by atoms with E-state index in [-0.39, 0.29) is 31.4 Å². The van der Waals surface area contributed by atoms with Gasteiger partial charge in [0.15, 0.2) is 0 Å². The van der Waals surface area contributed by atoms with Crippen molar-refractivity contribution in [2.75, 3.05) is 0 Å². The van der Waals surface area contributed by atoms with Crippen LogP contribution in [0.2, 0.25) is 0 Å². The highest BCUT2D eigenvalue weighted by atomic mass is 16.4. The third-order valence-corrected chi connectivity index (χ3v) is 5.50. The smallest absolute Gasteiger partial charge is 0.303 e. The summed E-state index contributed by atoms with van der Waals surface area (Å²) in [5.41, 5.74) is 7.91. The van der Waals surface area contributed by atoms with E-state index in [4.69, 9.17) is 15.9 Å². The largest absolute Gasteiger partial charge is 0.508 e. The molecule has 2 aromatic rings. The predicted octanol–water partition coefficient (Wildman–Crippen LogP) is 0.968. The predicted molar refractivity (Wildman–Crippen MR) is 130 cm³/mol. The summed E-state index contributed by atoms with van der Waals surface area (Å²) in [5.74, 6) is -3.83. The van der Waals surface area contributed by atoms with Crippen LogP contribution in [0.3, 0.4) is 0 Å². The zero-order chi connectivity index (χ0) is 26.7. The van der Waals surface area contributed by atoms with Crippen molar-refractivity contribution in [1.82, 2.24) is 10.6 Å². The number of carbonyl (C=O) groups excluding carboxylic acids is 2. The van der Waals surface area contributed by atoms with Crippen LogP contribution in [0.5, 0.6) is 5.75 Å². The second-order valence-electron chi connectivity index (χ2n) is 8.35. The highest BCUT2D eigenvalue weighted by molar-refractivity contribution is 5.89. The van der Waals surface area contributed by atoms with E-state index in [1.54, 1.807) is 18.2 Å². The van der Waals surface area contributed by atoms with Gasteiger partial charge in [-0.05, 0) is 54.5 Å². The number of nitrogens with two attached hydrogens (primary N) is 1. The number of phenolic OH excluding ortho intramolecular Hbond substituents is 1. The molecule has 2 unspecified atom stereocenters. The van der Waals surface area contributed by atoms with Gasteiger partial charge in [-0.3, -0.25) is 24.5 Å². The SMILES string of the molecule is NC(=O)C(CCC(=O)O)NC(=O)[C@H](CCC(=O)O)NC(O)CCc1ccc(-c2cccc(O)c2)cc1. The van der Waals surface area contributed by atoms with E-state index in [1.807, 2.05) is 30.3 Å².